The molecule has 0 aromatic heterocycles. The Hall–Kier alpha value is -1.79. The van der Waals surface area contributed by atoms with Gasteiger partial charge in [-0.05, 0) is 6.07 Å². The summed E-state index contributed by atoms with van der Waals surface area (Å²) in [6.07, 6.45) is -3.09. The lowest BCUT2D eigenvalue weighted by Gasteiger charge is -2.16. The summed E-state index contributed by atoms with van der Waals surface area (Å²) in [5.74, 6) is -0.201. The molecule has 1 aliphatic rings. The van der Waals surface area contributed by atoms with Gasteiger partial charge < -0.3 is 25.4 Å². The van der Waals surface area contributed by atoms with E-state index in [2.05, 4.69) is 0 Å². The minimum absolute atomic E-state index is 0.0474. The van der Waals surface area contributed by atoms with Crippen molar-refractivity contribution in [2.45, 2.75) is 12.2 Å². The van der Waals surface area contributed by atoms with Gasteiger partial charge in [0.25, 0.3) is 0 Å². The van der Waals surface area contributed by atoms with Crippen molar-refractivity contribution in [2.75, 3.05) is 6.79 Å². The molecule has 2 atom stereocenters. The van der Waals surface area contributed by atoms with E-state index in [1.54, 1.807) is 12.1 Å². The number of benzene rings is 1. The minimum Gasteiger partial charge on any atom is -0.454 e. The van der Waals surface area contributed by atoms with Gasteiger partial charge in [-0.2, -0.15) is 0 Å². The number of amides is 1. The molecule has 1 aliphatic heterocycles. The van der Waals surface area contributed by atoms with E-state index >= 15 is 0 Å². The van der Waals surface area contributed by atoms with Crippen molar-refractivity contribution in [3.05, 3.63) is 23.8 Å². The van der Waals surface area contributed by atoms with Gasteiger partial charge in [0.05, 0.1) is 0 Å². The topological polar surface area (TPSA) is 102 Å². The number of hydrogen-bond donors (Lipinski definition) is 3. The molecule has 1 amide bonds. The number of rotatable bonds is 3. The number of ether oxygens (including phenoxy) is 2. The quantitative estimate of drug-likeness (QED) is 0.631. The van der Waals surface area contributed by atoms with Crippen LogP contribution in [-0.2, 0) is 4.79 Å². The molecule has 1 aromatic carbocycles. The van der Waals surface area contributed by atoms with Crippen molar-refractivity contribution >= 4 is 5.91 Å². The number of fused-ring (bicyclic) bond motifs is 1. The first-order valence-corrected chi connectivity index (χ1v) is 4.65. The Kier molecular flexibility index (Phi) is 2.67. The Morgan fingerprint density at radius 1 is 1.38 bits per heavy atom. The predicted molar refractivity (Wildman–Crippen MR) is 52.7 cm³/mol. The molecule has 2 unspecified atom stereocenters. The van der Waals surface area contributed by atoms with E-state index < -0.39 is 18.1 Å². The van der Waals surface area contributed by atoms with E-state index in [0.29, 0.717) is 11.5 Å². The predicted octanol–water partition coefficient (Wildman–Crippen LogP) is -0.705. The number of para-hydroxylation sites is 1. The smallest absolute Gasteiger partial charge is 0.249 e. The van der Waals surface area contributed by atoms with Crippen molar-refractivity contribution in [1.82, 2.24) is 0 Å². The molecule has 0 aliphatic carbocycles. The number of carbonyl (C=O) groups is 1. The summed E-state index contributed by atoms with van der Waals surface area (Å²) in [5, 5.41) is 19.1. The number of carbonyl (C=O) groups excluding carboxylic acids is 1. The molecule has 0 saturated carbocycles. The second kappa shape index (κ2) is 3.99. The van der Waals surface area contributed by atoms with Crippen LogP contribution in [0.2, 0.25) is 0 Å². The summed E-state index contributed by atoms with van der Waals surface area (Å²) in [6.45, 7) is 0.0474. The Morgan fingerprint density at radius 3 is 2.81 bits per heavy atom. The molecule has 1 heterocycles. The van der Waals surface area contributed by atoms with Crippen molar-refractivity contribution in [3.8, 4) is 11.5 Å². The molecule has 16 heavy (non-hydrogen) atoms. The maximum atomic E-state index is 10.8. The van der Waals surface area contributed by atoms with Crippen LogP contribution in [0.25, 0.3) is 0 Å². The number of primary amides is 1. The summed E-state index contributed by atoms with van der Waals surface area (Å²) in [6, 6.07) is 4.82. The number of nitrogens with two attached hydrogens (primary N) is 1. The molecular formula is C10H11NO5. The Balaban J connectivity index is 2.34. The highest BCUT2D eigenvalue weighted by molar-refractivity contribution is 5.79. The SMILES string of the molecule is NC(=O)C(O)C(O)c1cccc2c1OCO2. The second-order valence-electron chi connectivity index (χ2n) is 3.37. The fourth-order valence-corrected chi connectivity index (χ4v) is 1.51. The van der Waals surface area contributed by atoms with E-state index in [0.717, 1.165) is 0 Å². The van der Waals surface area contributed by atoms with Gasteiger partial charge in [-0.1, -0.05) is 12.1 Å². The van der Waals surface area contributed by atoms with Crippen LogP contribution in [0, 0.1) is 0 Å². The lowest BCUT2D eigenvalue weighted by Crippen LogP contribution is -2.33. The van der Waals surface area contributed by atoms with E-state index in [4.69, 9.17) is 15.2 Å². The number of aliphatic hydroxyl groups excluding tert-OH is 2. The lowest BCUT2D eigenvalue weighted by molar-refractivity contribution is -0.132. The Bertz CT molecular complexity index is 420. The fourth-order valence-electron chi connectivity index (χ4n) is 1.51. The molecule has 0 fully saturated rings. The van der Waals surface area contributed by atoms with E-state index in [1.807, 2.05) is 0 Å². The van der Waals surface area contributed by atoms with Crippen molar-refractivity contribution in [1.29, 1.82) is 0 Å². The van der Waals surface area contributed by atoms with Crippen LogP contribution >= 0.6 is 0 Å². The van der Waals surface area contributed by atoms with Gasteiger partial charge >= 0.3 is 0 Å². The zero-order valence-corrected chi connectivity index (χ0v) is 8.29. The largest absolute Gasteiger partial charge is 0.454 e. The van der Waals surface area contributed by atoms with Gasteiger partial charge in [0, 0.05) is 5.56 Å². The van der Waals surface area contributed by atoms with Crippen molar-refractivity contribution in [3.63, 3.8) is 0 Å². The van der Waals surface area contributed by atoms with Crippen LogP contribution in [0.4, 0.5) is 0 Å². The number of aliphatic hydroxyl groups is 2. The average molecular weight is 225 g/mol. The zero-order chi connectivity index (χ0) is 11.7. The van der Waals surface area contributed by atoms with Gasteiger partial charge in [0.2, 0.25) is 12.7 Å². The van der Waals surface area contributed by atoms with Crippen LogP contribution in [-0.4, -0.2) is 29.0 Å². The molecule has 4 N–H and O–H groups in total. The minimum atomic E-state index is -1.67. The normalized spacial score (nSPS) is 16.9. The Morgan fingerprint density at radius 2 is 2.12 bits per heavy atom. The number of hydrogen-bond acceptors (Lipinski definition) is 5. The first-order chi connectivity index (χ1) is 7.61. The van der Waals surface area contributed by atoms with E-state index in [1.165, 1.54) is 6.07 Å². The summed E-state index contributed by atoms with van der Waals surface area (Å²) in [7, 11) is 0. The molecule has 6 nitrogen and oxygen atoms in total. The Labute approximate surface area is 91.2 Å². The average Bonchev–Trinajstić information content (AvgIpc) is 2.74. The molecule has 0 bridgehead atoms. The lowest BCUT2D eigenvalue weighted by atomic mass is 10.0. The summed E-state index contributed by atoms with van der Waals surface area (Å²) in [4.78, 5) is 10.8. The van der Waals surface area contributed by atoms with Gasteiger partial charge in [-0.25, -0.2) is 0 Å². The van der Waals surface area contributed by atoms with Crippen LogP contribution < -0.4 is 15.2 Å². The highest BCUT2D eigenvalue weighted by Gasteiger charge is 2.29. The van der Waals surface area contributed by atoms with Crippen LogP contribution in [0.1, 0.15) is 11.7 Å². The van der Waals surface area contributed by atoms with Gasteiger partial charge in [-0.15, -0.1) is 0 Å². The van der Waals surface area contributed by atoms with E-state index in [9.17, 15) is 15.0 Å². The first kappa shape index (κ1) is 10.7. The summed E-state index contributed by atoms with van der Waals surface area (Å²) >= 11 is 0. The van der Waals surface area contributed by atoms with Gasteiger partial charge in [-0.3, -0.25) is 4.79 Å². The van der Waals surface area contributed by atoms with Gasteiger partial charge in [0.1, 0.15) is 6.10 Å². The highest BCUT2D eigenvalue weighted by Crippen LogP contribution is 2.39. The zero-order valence-electron chi connectivity index (χ0n) is 8.29. The third-order valence-corrected chi connectivity index (χ3v) is 2.34. The van der Waals surface area contributed by atoms with Crippen molar-refractivity contribution < 1.29 is 24.5 Å². The third-order valence-electron chi connectivity index (χ3n) is 2.34. The summed E-state index contributed by atoms with van der Waals surface area (Å²) in [5.41, 5.74) is 5.18. The standard InChI is InChI=1S/C10H11NO5/c11-10(14)8(13)7(12)5-2-1-3-6-9(5)16-4-15-6/h1-3,7-8,12-13H,4H2,(H2,11,14). The fraction of sp³-hybridized carbons (Fsp3) is 0.300. The molecule has 1 aromatic rings. The third kappa shape index (κ3) is 1.68. The monoisotopic (exact) mass is 225 g/mol. The molecule has 0 radical (unpaired) electrons. The summed E-state index contributed by atoms with van der Waals surface area (Å²) < 4.78 is 10.2. The van der Waals surface area contributed by atoms with Crippen LogP contribution in [0.3, 0.4) is 0 Å². The molecular weight excluding hydrogens is 214 g/mol. The van der Waals surface area contributed by atoms with Crippen LogP contribution in [0.5, 0.6) is 11.5 Å². The first-order valence-electron chi connectivity index (χ1n) is 4.65. The van der Waals surface area contributed by atoms with Crippen molar-refractivity contribution in [2.24, 2.45) is 5.73 Å². The molecule has 0 saturated heterocycles. The van der Waals surface area contributed by atoms with E-state index in [-0.39, 0.29) is 12.4 Å². The molecule has 0 spiro atoms. The van der Waals surface area contributed by atoms with Crippen LogP contribution in [0.15, 0.2) is 18.2 Å². The molecule has 2 rings (SSSR count). The van der Waals surface area contributed by atoms with Gasteiger partial charge in [0.15, 0.2) is 17.6 Å². The molecule has 6 heteroatoms. The highest BCUT2D eigenvalue weighted by atomic mass is 16.7. The molecule has 86 valence electrons. The maximum Gasteiger partial charge on any atom is 0.249 e. The second-order valence-corrected chi connectivity index (χ2v) is 3.37. The maximum absolute atomic E-state index is 10.8.